The molecule has 160 valence electrons. The van der Waals surface area contributed by atoms with Crippen LogP contribution < -0.4 is 9.21 Å². The van der Waals surface area contributed by atoms with E-state index in [-0.39, 0.29) is 23.4 Å². The Morgan fingerprint density at radius 3 is 2.35 bits per heavy atom. The summed E-state index contributed by atoms with van der Waals surface area (Å²) in [6.07, 6.45) is 0.719. The van der Waals surface area contributed by atoms with Gasteiger partial charge in [0.2, 0.25) is 5.91 Å². The van der Waals surface area contributed by atoms with Crippen molar-refractivity contribution in [3.8, 4) is 0 Å². The standard InChI is InChI=1S/C24H23FN2O3S/c1-17-7-11-21(12-8-17)26(31(29,30)22-13-9-20(25)10-14-22)16-24(28)27-18(2)15-19-5-3-4-6-23(19)27/h3-14,18H,15-16H2,1-2H3. The number of sulfonamides is 1. The molecule has 1 aliphatic heterocycles. The number of rotatable bonds is 5. The van der Waals surface area contributed by atoms with Crippen molar-refractivity contribution in [3.63, 3.8) is 0 Å². The Balaban J connectivity index is 1.72. The van der Waals surface area contributed by atoms with Gasteiger partial charge in [0.05, 0.1) is 10.6 Å². The van der Waals surface area contributed by atoms with Gasteiger partial charge < -0.3 is 4.90 Å². The average Bonchev–Trinajstić information content (AvgIpc) is 3.08. The minimum atomic E-state index is -4.08. The quantitative estimate of drug-likeness (QED) is 0.597. The zero-order chi connectivity index (χ0) is 22.2. The van der Waals surface area contributed by atoms with Gasteiger partial charge in [-0.2, -0.15) is 0 Å². The van der Waals surface area contributed by atoms with Crippen molar-refractivity contribution >= 4 is 27.3 Å². The molecule has 1 heterocycles. The fraction of sp³-hybridized carbons (Fsp3) is 0.208. The minimum absolute atomic E-state index is 0.0710. The van der Waals surface area contributed by atoms with Gasteiger partial charge in [-0.15, -0.1) is 0 Å². The molecule has 0 radical (unpaired) electrons. The topological polar surface area (TPSA) is 57.7 Å². The molecule has 0 fully saturated rings. The first-order chi connectivity index (χ1) is 14.8. The third-order valence-corrected chi connectivity index (χ3v) is 7.27. The number of aryl methyl sites for hydroxylation is 1. The minimum Gasteiger partial charge on any atom is -0.307 e. The second kappa shape index (κ2) is 8.15. The lowest BCUT2D eigenvalue weighted by atomic mass is 10.1. The first-order valence-electron chi connectivity index (χ1n) is 10.0. The molecule has 7 heteroatoms. The van der Waals surface area contributed by atoms with Gasteiger partial charge in [-0.1, -0.05) is 35.9 Å². The largest absolute Gasteiger partial charge is 0.307 e. The number of benzene rings is 3. The molecule has 1 atom stereocenters. The molecule has 0 N–H and O–H groups in total. The number of anilines is 2. The van der Waals surface area contributed by atoms with Crippen molar-refractivity contribution < 1.29 is 17.6 Å². The Morgan fingerprint density at radius 2 is 1.68 bits per heavy atom. The van der Waals surface area contributed by atoms with Gasteiger partial charge in [0.15, 0.2) is 0 Å². The first kappa shape index (κ1) is 21.1. The molecular weight excluding hydrogens is 415 g/mol. The van der Waals surface area contributed by atoms with Crippen LogP contribution in [-0.2, 0) is 21.2 Å². The highest BCUT2D eigenvalue weighted by molar-refractivity contribution is 7.92. The number of hydrogen-bond donors (Lipinski definition) is 0. The third kappa shape index (κ3) is 4.05. The predicted molar refractivity (Wildman–Crippen MR) is 119 cm³/mol. The molecule has 0 bridgehead atoms. The van der Waals surface area contributed by atoms with E-state index < -0.39 is 15.8 Å². The monoisotopic (exact) mass is 438 g/mol. The number of fused-ring (bicyclic) bond motifs is 1. The summed E-state index contributed by atoms with van der Waals surface area (Å²) in [5, 5.41) is 0. The Morgan fingerprint density at radius 1 is 1.03 bits per heavy atom. The van der Waals surface area contributed by atoms with Crippen LogP contribution >= 0.6 is 0 Å². The molecule has 0 saturated carbocycles. The van der Waals surface area contributed by atoms with Gasteiger partial charge in [-0.25, -0.2) is 12.8 Å². The highest BCUT2D eigenvalue weighted by atomic mass is 32.2. The average molecular weight is 439 g/mol. The number of halogens is 1. The number of carbonyl (C=O) groups is 1. The molecule has 3 aromatic rings. The van der Waals surface area contributed by atoms with E-state index in [1.54, 1.807) is 29.2 Å². The normalized spacial score (nSPS) is 15.6. The van der Waals surface area contributed by atoms with Crippen LogP contribution in [-0.4, -0.2) is 26.9 Å². The fourth-order valence-electron chi connectivity index (χ4n) is 3.90. The number of nitrogens with zero attached hydrogens (tertiary/aromatic N) is 2. The van der Waals surface area contributed by atoms with E-state index in [4.69, 9.17) is 0 Å². The number of para-hydroxylation sites is 1. The van der Waals surface area contributed by atoms with Gasteiger partial charge in [0.1, 0.15) is 12.4 Å². The smallest absolute Gasteiger partial charge is 0.264 e. The van der Waals surface area contributed by atoms with Crippen molar-refractivity contribution in [1.82, 2.24) is 0 Å². The molecule has 3 aromatic carbocycles. The van der Waals surface area contributed by atoms with Crippen LogP contribution in [0.1, 0.15) is 18.1 Å². The lowest BCUT2D eigenvalue weighted by Gasteiger charge is -2.29. The summed E-state index contributed by atoms with van der Waals surface area (Å²) in [7, 11) is -4.08. The predicted octanol–water partition coefficient (Wildman–Crippen LogP) is 4.31. The summed E-state index contributed by atoms with van der Waals surface area (Å²) < 4.78 is 41.3. The molecule has 5 nitrogen and oxygen atoms in total. The van der Waals surface area contributed by atoms with E-state index >= 15 is 0 Å². The van der Waals surface area contributed by atoms with Crippen LogP contribution in [0.2, 0.25) is 0 Å². The Bertz CT molecular complexity index is 1210. The molecule has 0 spiro atoms. The van der Waals surface area contributed by atoms with Gasteiger partial charge in [-0.3, -0.25) is 9.10 Å². The summed E-state index contributed by atoms with van der Waals surface area (Å²) in [6.45, 7) is 3.49. The van der Waals surface area contributed by atoms with E-state index in [0.717, 1.165) is 39.7 Å². The zero-order valence-electron chi connectivity index (χ0n) is 17.3. The molecule has 31 heavy (non-hydrogen) atoms. The molecule has 0 saturated heterocycles. The van der Waals surface area contributed by atoms with Crippen LogP contribution in [0.4, 0.5) is 15.8 Å². The molecule has 4 rings (SSSR count). The second-order valence-corrected chi connectivity index (χ2v) is 9.61. The van der Waals surface area contributed by atoms with Gasteiger partial charge >= 0.3 is 0 Å². The van der Waals surface area contributed by atoms with E-state index in [1.807, 2.05) is 38.1 Å². The van der Waals surface area contributed by atoms with E-state index in [2.05, 4.69) is 0 Å². The van der Waals surface area contributed by atoms with Crippen LogP contribution in [0.3, 0.4) is 0 Å². The second-order valence-electron chi connectivity index (χ2n) is 7.75. The molecule has 1 aliphatic rings. The Hall–Kier alpha value is -3.19. The van der Waals surface area contributed by atoms with Gasteiger partial charge in [0, 0.05) is 11.7 Å². The van der Waals surface area contributed by atoms with Crippen molar-refractivity contribution in [2.75, 3.05) is 15.7 Å². The van der Waals surface area contributed by atoms with Crippen molar-refractivity contribution in [1.29, 1.82) is 0 Å². The fourth-order valence-corrected chi connectivity index (χ4v) is 5.32. The molecule has 1 amide bonds. The van der Waals surface area contributed by atoms with Gasteiger partial charge in [-0.05, 0) is 68.3 Å². The SMILES string of the molecule is Cc1ccc(N(CC(=O)N2c3ccccc3CC2C)S(=O)(=O)c2ccc(F)cc2)cc1. The maximum absolute atomic E-state index is 13.4. The summed E-state index contributed by atoms with van der Waals surface area (Å²) in [5.74, 6) is -0.844. The summed E-state index contributed by atoms with van der Waals surface area (Å²) in [6, 6.07) is 19.1. The van der Waals surface area contributed by atoms with Crippen LogP contribution in [0.5, 0.6) is 0 Å². The van der Waals surface area contributed by atoms with Crippen molar-refractivity contribution in [2.45, 2.75) is 31.2 Å². The van der Waals surface area contributed by atoms with Crippen LogP contribution in [0.15, 0.2) is 77.7 Å². The molecule has 0 aliphatic carbocycles. The molecule has 1 unspecified atom stereocenters. The Kier molecular flexibility index (Phi) is 5.54. The highest BCUT2D eigenvalue weighted by Crippen LogP contribution is 2.33. The molecular formula is C24H23FN2O3S. The third-order valence-electron chi connectivity index (χ3n) is 5.48. The number of carbonyl (C=O) groups excluding carboxylic acids is 1. The van der Waals surface area contributed by atoms with Crippen molar-refractivity contribution in [3.05, 3.63) is 89.7 Å². The van der Waals surface area contributed by atoms with Crippen LogP contribution in [0, 0.1) is 12.7 Å². The van der Waals surface area contributed by atoms with Crippen LogP contribution in [0.25, 0.3) is 0 Å². The van der Waals surface area contributed by atoms with E-state index in [1.165, 1.54) is 12.1 Å². The maximum Gasteiger partial charge on any atom is 0.264 e. The first-order valence-corrected chi connectivity index (χ1v) is 11.5. The molecule has 0 aromatic heterocycles. The van der Waals surface area contributed by atoms with E-state index in [9.17, 15) is 17.6 Å². The van der Waals surface area contributed by atoms with Crippen molar-refractivity contribution in [2.24, 2.45) is 0 Å². The maximum atomic E-state index is 13.4. The lowest BCUT2D eigenvalue weighted by molar-refractivity contribution is -0.117. The summed E-state index contributed by atoms with van der Waals surface area (Å²) >= 11 is 0. The van der Waals surface area contributed by atoms with Gasteiger partial charge in [0.25, 0.3) is 10.0 Å². The Labute approximate surface area is 181 Å². The van der Waals surface area contributed by atoms with E-state index in [0.29, 0.717) is 5.69 Å². The zero-order valence-corrected chi connectivity index (χ0v) is 18.1. The number of hydrogen-bond acceptors (Lipinski definition) is 3. The summed E-state index contributed by atoms with van der Waals surface area (Å²) in [5.41, 5.74) is 3.22. The highest BCUT2D eigenvalue weighted by Gasteiger charge is 2.34. The lowest BCUT2D eigenvalue weighted by Crippen LogP contribution is -2.45. The number of amides is 1. The summed E-state index contributed by atoms with van der Waals surface area (Å²) in [4.78, 5) is 15.0.